The van der Waals surface area contributed by atoms with Crippen molar-refractivity contribution in [2.45, 2.75) is 86.0 Å². The molecule has 0 aliphatic heterocycles. The van der Waals surface area contributed by atoms with E-state index in [0.29, 0.717) is 5.41 Å². The largest absolute Gasteiger partial charge is 0.0958 e. The molecular weight excluding hydrogens is 300 g/mol. The van der Waals surface area contributed by atoms with Crippen molar-refractivity contribution in [1.82, 2.24) is 0 Å². The molecule has 3 atom stereocenters. The Bertz CT molecular complexity index is 542. The summed E-state index contributed by atoms with van der Waals surface area (Å²) in [7, 11) is 0. The third-order valence-electron chi connectivity index (χ3n) is 6.78. The highest BCUT2D eigenvalue weighted by atomic mass is 14.5. The maximum absolute atomic E-state index is 4.31. The Morgan fingerprint density at radius 2 is 1.64 bits per heavy atom. The minimum Gasteiger partial charge on any atom is -0.0958 e. The molecule has 0 nitrogen and oxygen atoms in total. The summed E-state index contributed by atoms with van der Waals surface area (Å²) in [5, 5.41) is 0. The van der Waals surface area contributed by atoms with Crippen molar-refractivity contribution >= 4 is 0 Å². The van der Waals surface area contributed by atoms with Crippen LogP contribution in [0.2, 0.25) is 0 Å². The molecule has 0 aromatic heterocycles. The molecular formula is C25H40. The Hall–Kier alpha value is -1.04. The summed E-state index contributed by atoms with van der Waals surface area (Å²) >= 11 is 0. The van der Waals surface area contributed by atoms with Gasteiger partial charge in [-0.3, -0.25) is 0 Å². The highest BCUT2D eigenvalue weighted by molar-refractivity contribution is 5.20. The van der Waals surface area contributed by atoms with Crippen molar-refractivity contribution in [2.24, 2.45) is 23.2 Å². The fourth-order valence-corrected chi connectivity index (χ4v) is 4.93. The van der Waals surface area contributed by atoms with Gasteiger partial charge in [0, 0.05) is 0 Å². The van der Waals surface area contributed by atoms with Crippen LogP contribution in [0, 0.1) is 23.2 Å². The average Bonchev–Trinajstić information content (AvgIpc) is 2.87. The lowest BCUT2D eigenvalue weighted by Gasteiger charge is -2.34. The Balaban J connectivity index is 2.23. The van der Waals surface area contributed by atoms with E-state index < -0.39 is 0 Å². The van der Waals surface area contributed by atoms with Crippen molar-refractivity contribution in [3.63, 3.8) is 0 Å². The maximum atomic E-state index is 4.31. The normalized spacial score (nSPS) is 38.1. The topological polar surface area (TPSA) is 0 Å². The lowest BCUT2D eigenvalue weighted by Crippen LogP contribution is -2.26. The molecule has 0 heterocycles. The van der Waals surface area contributed by atoms with E-state index in [1.54, 1.807) is 5.57 Å². The van der Waals surface area contributed by atoms with Gasteiger partial charge in [0.05, 0.1) is 0 Å². The first-order valence-corrected chi connectivity index (χ1v) is 10.5. The Kier molecular flexibility index (Phi) is 7.35. The van der Waals surface area contributed by atoms with E-state index in [9.17, 15) is 0 Å². The van der Waals surface area contributed by atoms with Crippen LogP contribution in [0.1, 0.15) is 86.0 Å². The molecule has 0 bridgehead atoms. The lowest BCUT2D eigenvalue weighted by molar-refractivity contribution is 0.198. The molecule has 0 N–H and O–H groups in total. The summed E-state index contributed by atoms with van der Waals surface area (Å²) in [5.74, 6) is 2.47. The van der Waals surface area contributed by atoms with Gasteiger partial charge in [-0.25, -0.2) is 0 Å². The third-order valence-corrected chi connectivity index (χ3v) is 6.78. The molecule has 0 amide bonds. The van der Waals surface area contributed by atoms with Gasteiger partial charge < -0.3 is 0 Å². The fourth-order valence-electron chi connectivity index (χ4n) is 4.93. The van der Waals surface area contributed by atoms with E-state index in [2.05, 4.69) is 65.5 Å². The van der Waals surface area contributed by atoms with Crippen molar-refractivity contribution in [2.75, 3.05) is 0 Å². The van der Waals surface area contributed by atoms with Crippen LogP contribution in [0.25, 0.3) is 0 Å². The molecule has 0 saturated heterocycles. The lowest BCUT2D eigenvalue weighted by atomic mass is 9.71. The molecule has 1 saturated carbocycles. The maximum Gasteiger partial charge on any atom is -0.0112 e. The van der Waals surface area contributed by atoms with Crippen molar-refractivity contribution in [1.29, 1.82) is 0 Å². The van der Waals surface area contributed by atoms with Gasteiger partial charge in [-0.2, -0.15) is 0 Å². The fraction of sp³-hybridized carbons (Fsp3) is 0.680. The molecule has 0 heteroatoms. The first-order valence-electron chi connectivity index (χ1n) is 10.5. The van der Waals surface area contributed by atoms with E-state index in [-0.39, 0.29) is 0 Å². The van der Waals surface area contributed by atoms with Crippen LogP contribution < -0.4 is 0 Å². The highest BCUT2D eigenvalue weighted by Gasteiger charge is 2.43. The van der Waals surface area contributed by atoms with Crippen molar-refractivity contribution in [3.05, 3.63) is 47.6 Å². The summed E-state index contributed by atoms with van der Waals surface area (Å²) in [4.78, 5) is 0. The zero-order valence-electron chi connectivity index (χ0n) is 17.4. The second kappa shape index (κ2) is 9.06. The zero-order valence-corrected chi connectivity index (χ0v) is 17.4. The molecule has 25 heavy (non-hydrogen) atoms. The van der Waals surface area contributed by atoms with Gasteiger partial charge in [-0.05, 0) is 88.4 Å². The van der Waals surface area contributed by atoms with E-state index in [0.717, 1.165) is 30.6 Å². The van der Waals surface area contributed by atoms with Gasteiger partial charge in [0.1, 0.15) is 0 Å². The van der Waals surface area contributed by atoms with Crippen LogP contribution >= 0.6 is 0 Å². The molecule has 0 radical (unpaired) electrons. The minimum absolute atomic E-state index is 0.351. The predicted octanol–water partition coefficient (Wildman–Crippen LogP) is 8.03. The number of rotatable bonds is 1. The Morgan fingerprint density at radius 1 is 1.00 bits per heavy atom. The number of hydrogen-bond donors (Lipinski definition) is 0. The highest BCUT2D eigenvalue weighted by Crippen LogP contribution is 2.52. The van der Waals surface area contributed by atoms with Gasteiger partial charge in [-0.1, -0.05) is 68.4 Å². The molecule has 0 unspecified atom stereocenters. The monoisotopic (exact) mass is 340 g/mol. The summed E-state index contributed by atoms with van der Waals surface area (Å²) in [6, 6.07) is 0. The van der Waals surface area contributed by atoms with E-state index >= 15 is 0 Å². The molecule has 0 aromatic rings. The van der Waals surface area contributed by atoms with Gasteiger partial charge in [-0.15, -0.1) is 0 Å². The summed E-state index contributed by atoms with van der Waals surface area (Å²) in [6.45, 7) is 16.3. The minimum atomic E-state index is 0.351. The standard InChI is InChI=1S/C25H40/c1-19(2)23-16-18-25(6)17-15-22(5)12-8-10-20(3)9-7-11-21(4)13-14-24(23)25/h10-11,15,17,19,23-24H,5,7-9,12-14,16,18H2,1-4,6H3/b17-15-,20-10-,21-11-/t23-,24-,25-/m0/s1. The van der Waals surface area contributed by atoms with Gasteiger partial charge >= 0.3 is 0 Å². The van der Waals surface area contributed by atoms with Crippen LogP contribution in [0.4, 0.5) is 0 Å². The predicted molar refractivity (Wildman–Crippen MR) is 113 cm³/mol. The Morgan fingerprint density at radius 3 is 2.32 bits per heavy atom. The summed E-state index contributed by atoms with van der Waals surface area (Å²) < 4.78 is 0. The molecule has 0 spiro atoms. The molecule has 2 aliphatic carbocycles. The van der Waals surface area contributed by atoms with Crippen LogP contribution in [0.3, 0.4) is 0 Å². The van der Waals surface area contributed by atoms with Crippen LogP contribution in [0.5, 0.6) is 0 Å². The quantitative estimate of drug-likeness (QED) is 0.424. The molecule has 2 aliphatic rings. The molecule has 0 aromatic carbocycles. The SMILES string of the molecule is C=C1/C=C\[C@@]2(C)CC[C@@H](C(C)C)[C@@H]2CC/C(C)=C\CC/C(C)=C\CC1. The molecule has 140 valence electrons. The Labute approximate surface area is 157 Å². The van der Waals surface area contributed by atoms with E-state index in [4.69, 9.17) is 0 Å². The van der Waals surface area contributed by atoms with E-state index in [1.165, 1.54) is 49.7 Å². The molecule has 2 rings (SSSR count). The molecule has 1 fully saturated rings. The number of fused-ring (bicyclic) bond motifs is 1. The van der Waals surface area contributed by atoms with Gasteiger partial charge in [0.25, 0.3) is 0 Å². The van der Waals surface area contributed by atoms with E-state index in [1.807, 2.05) is 0 Å². The third kappa shape index (κ3) is 5.73. The van der Waals surface area contributed by atoms with Crippen LogP contribution in [-0.2, 0) is 0 Å². The van der Waals surface area contributed by atoms with Gasteiger partial charge in [0.15, 0.2) is 0 Å². The first-order chi connectivity index (χ1) is 11.8. The second-order valence-corrected chi connectivity index (χ2v) is 9.27. The first kappa shape index (κ1) is 20.3. The van der Waals surface area contributed by atoms with Crippen LogP contribution in [0.15, 0.2) is 47.6 Å². The second-order valence-electron chi connectivity index (χ2n) is 9.27. The van der Waals surface area contributed by atoms with Crippen LogP contribution in [-0.4, -0.2) is 0 Å². The smallest absolute Gasteiger partial charge is 0.0112 e. The van der Waals surface area contributed by atoms with Crippen molar-refractivity contribution < 1.29 is 0 Å². The zero-order chi connectivity index (χ0) is 18.4. The summed E-state index contributed by atoms with van der Waals surface area (Å²) in [5.41, 5.74) is 4.76. The number of hydrogen-bond acceptors (Lipinski definition) is 0. The summed E-state index contributed by atoms with van der Waals surface area (Å²) in [6.07, 6.45) is 19.7. The van der Waals surface area contributed by atoms with Gasteiger partial charge in [0.2, 0.25) is 0 Å². The number of allylic oxidation sites excluding steroid dienone is 7. The van der Waals surface area contributed by atoms with Crippen molar-refractivity contribution in [3.8, 4) is 0 Å². The average molecular weight is 341 g/mol.